The Morgan fingerprint density at radius 1 is 1.31 bits per heavy atom. The zero-order chi connectivity index (χ0) is 18.0. The van der Waals surface area contributed by atoms with Crippen molar-refractivity contribution >= 4 is 34.0 Å². The van der Waals surface area contributed by atoms with Crippen LogP contribution in [0.2, 0.25) is 4.34 Å². The first-order valence-corrected chi connectivity index (χ1v) is 9.23. The van der Waals surface area contributed by atoms with Crippen LogP contribution in [0.25, 0.3) is 11.3 Å². The summed E-state index contributed by atoms with van der Waals surface area (Å²) in [4.78, 5) is 17.3. The van der Waals surface area contributed by atoms with E-state index in [9.17, 15) is 18.7 Å². The molecule has 3 rings (SSSR count). The molecule has 1 saturated carbocycles. The molecule has 0 bridgehead atoms. The van der Waals surface area contributed by atoms with E-state index in [4.69, 9.17) is 11.6 Å². The van der Waals surface area contributed by atoms with Crippen molar-refractivity contribution in [2.75, 3.05) is 11.4 Å². The maximum Gasteiger partial charge on any atom is 1.00 e. The summed E-state index contributed by atoms with van der Waals surface area (Å²) < 4.78 is 27.0. The third-order valence-corrected chi connectivity index (χ3v) is 5.63. The number of anilines is 1. The van der Waals surface area contributed by atoms with Crippen LogP contribution < -0.4 is 39.6 Å². The van der Waals surface area contributed by atoms with Gasteiger partial charge in [0, 0.05) is 30.5 Å². The maximum atomic E-state index is 13.5. The number of carboxylic acids is 1. The number of aliphatic carboxylic acids is 1. The van der Waals surface area contributed by atoms with Gasteiger partial charge in [0.15, 0.2) is 16.8 Å². The number of halogens is 3. The second-order valence-electron chi connectivity index (χ2n) is 6.00. The summed E-state index contributed by atoms with van der Waals surface area (Å²) in [5.41, 5.74) is 0.759. The molecular weight excluding hydrogens is 393 g/mol. The Hall–Kier alpha value is -0.730. The molecule has 0 radical (unpaired) electrons. The molecule has 0 N–H and O–H groups in total. The molecule has 1 heterocycles. The molecule has 0 atom stereocenters. The summed E-state index contributed by atoms with van der Waals surface area (Å²) in [6.07, 6.45) is 3.99. The van der Waals surface area contributed by atoms with Crippen LogP contribution in [0.4, 0.5) is 13.9 Å². The number of benzene rings is 1. The van der Waals surface area contributed by atoms with Gasteiger partial charge in [0.05, 0.1) is 0 Å². The maximum absolute atomic E-state index is 13.5. The summed E-state index contributed by atoms with van der Waals surface area (Å²) >= 11 is 7.49. The van der Waals surface area contributed by atoms with Gasteiger partial charge in [-0.05, 0) is 31.0 Å². The van der Waals surface area contributed by atoms with E-state index < -0.39 is 17.6 Å². The summed E-state index contributed by atoms with van der Waals surface area (Å²) in [5.74, 6) is -3.02. The fourth-order valence-electron chi connectivity index (χ4n) is 3.10. The van der Waals surface area contributed by atoms with Crippen LogP contribution >= 0.6 is 22.9 Å². The van der Waals surface area contributed by atoms with Crippen LogP contribution in [0.5, 0.6) is 0 Å². The van der Waals surface area contributed by atoms with Crippen molar-refractivity contribution in [1.29, 1.82) is 0 Å². The van der Waals surface area contributed by atoms with Gasteiger partial charge >= 0.3 is 29.6 Å². The topological polar surface area (TPSA) is 56.3 Å². The monoisotopic (exact) mass is 408 g/mol. The second-order valence-corrected chi connectivity index (χ2v) is 7.58. The Kier molecular flexibility index (Phi) is 7.85. The first kappa shape index (κ1) is 21.6. The molecule has 26 heavy (non-hydrogen) atoms. The minimum atomic E-state index is -1.12. The molecule has 9 heteroatoms. The normalized spacial score (nSPS) is 14.3. The quantitative estimate of drug-likeness (QED) is 0.658. The van der Waals surface area contributed by atoms with Gasteiger partial charge in [-0.3, -0.25) is 0 Å². The average Bonchev–Trinajstić information content (AvgIpc) is 3.20. The summed E-state index contributed by atoms with van der Waals surface area (Å²) in [6, 6.07) is 3.72. The summed E-state index contributed by atoms with van der Waals surface area (Å²) in [6.45, 7) is 0.286. The second kappa shape index (κ2) is 9.46. The van der Waals surface area contributed by atoms with Crippen LogP contribution in [-0.2, 0) is 4.79 Å². The van der Waals surface area contributed by atoms with E-state index in [2.05, 4.69) is 4.98 Å². The van der Waals surface area contributed by atoms with Crippen molar-refractivity contribution in [1.82, 2.24) is 4.98 Å². The fraction of sp³-hybridized carbons (Fsp3) is 0.412. The summed E-state index contributed by atoms with van der Waals surface area (Å²) in [5, 5.41) is 11.5. The van der Waals surface area contributed by atoms with Gasteiger partial charge < -0.3 is 14.8 Å². The zero-order valence-electron chi connectivity index (χ0n) is 14.3. The molecule has 0 aliphatic heterocycles. The number of carbonyl (C=O) groups is 1. The number of carbonyl (C=O) groups excluding carboxylic acids is 1. The molecule has 134 valence electrons. The molecule has 1 fully saturated rings. The Morgan fingerprint density at radius 2 is 2.00 bits per heavy atom. The Morgan fingerprint density at radius 3 is 2.62 bits per heavy atom. The largest absolute Gasteiger partial charge is 1.00 e. The Balaban J connectivity index is 0.00000243. The molecule has 0 saturated heterocycles. The predicted molar refractivity (Wildman–Crippen MR) is 91.7 cm³/mol. The van der Waals surface area contributed by atoms with Crippen molar-refractivity contribution in [3.05, 3.63) is 34.2 Å². The number of hydrogen-bond donors (Lipinski definition) is 0. The van der Waals surface area contributed by atoms with Gasteiger partial charge in [-0.25, -0.2) is 13.8 Å². The van der Waals surface area contributed by atoms with Gasteiger partial charge in [0.2, 0.25) is 0 Å². The van der Waals surface area contributed by atoms with E-state index in [1.807, 2.05) is 4.90 Å². The molecular formula is C17H16ClF2N2NaO2S. The molecule has 0 amide bonds. The smallest absolute Gasteiger partial charge is 0.550 e. The SMILES string of the molecule is O=C([O-])CCN(c1nc(-c2ccc(F)c(F)c2)c(Cl)s1)C1CCCC1.[Na+]. The van der Waals surface area contributed by atoms with Crippen molar-refractivity contribution < 1.29 is 48.2 Å². The third-order valence-electron chi connectivity index (χ3n) is 4.34. The molecule has 1 aromatic heterocycles. The van der Waals surface area contributed by atoms with Crippen molar-refractivity contribution in [2.45, 2.75) is 38.1 Å². The van der Waals surface area contributed by atoms with E-state index >= 15 is 0 Å². The first-order chi connectivity index (χ1) is 12.0. The number of nitrogens with zero attached hydrogens (tertiary/aromatic N) is 2. The molecule has 1 aliphatic rings. The Labute approximate surface area is 181 Å². The Bertz CT molecular complexity index is 784. The van der Waals surface area contributed by atoms with Crippen LogP contribution in [0.15, 0.2) is 18.2 Å². The summed E-state index contributed by atoms with van der Waals surface area (Å²) in [7, 11) is 0. The number of aromatic nitrogens is 1. The van der Waals surface area contributed by atoms with Gasteiger partial charge in [0.25, 0.3) is 0 Å². The average molecular weight is 409 g/mol. The van der Waals surface area contributed by atoms with Crippen molar-refractivity contribution in [3.63, 3.8) is 0 Å². The van der Waals surface area contributed by atoms with Gasteiger partial charge in [-0.1, -0.05) is 35.8 Å². The van der Waals surface area contributed by atoms with Crippen LogP contribution in [0.1, 0.15) is 32.1 Å². The van der Waals surface area contributed by atoms with Crippen LogP contribution in [0.3, 0.4) is 0 Å². The van der Waals surface area contributed by atoms with E-state index in [-0.39, 0.29) is 48.6 Å². The molecule has 1 aromatic carbocycles. The molecule has 4 nitrogen and oxygen atoms in total. The van der Waals surface area contributed by atoms with E-state index in [1.54, 1.807) is 0 Å². The van der Waals surface area contributed by atoms with Gasteiger partial charge in [-0.2, -0.15) is 0 Å². The molecule has 2 aromatic rings. The molecule has 0 unspecified atom stereocenters. The minimum absolute atomic E-state index is 0. The number of rotatable bonds is 6. The van der Waals surface area contributed by atoms with E-state index in [1.165, 1.54) is 17.4 Å². The molecule has 0 spiro atoms. The third kappa shape index (κ3) is 4.95. The minimum Gasteiger partial charge on any atom is -0.550 e. The number of thiazole rings is 1. The standard InChI is InChI=1S/C17H17ClF2N2O2S.Na/c18-16-15(10-5-6-12(19)13(20)9-10)21-17(25-16)22(8-7-14(23)24)11-3-1-2-4-11;/h5-6,9,11H,1-4,7-8H2,(H,23,24);/q;+1/p-1. The predicted octanol–water partition coefficient (Wildman–Crippen LogP) is 0.635. The fourth-order valence-corrected chi connectivity index (χ4v) is 4.37. The van der Waals surface area contributed by atoms with E-state index in [0.29, 0.717) is 20.7 Å². The van der Waals surface area contributed by atoms with Crippen molar-refractivity contribution in [2.24, 2.45) is 0 Å². The van der Waals surface area contributed by atoms with Crippen LogP contribution in [-0.4, -0.2) is 23.5 Å². The number of hydrogen-bond acceptors (Lipinski definition) is 5. The number of carboxylic acid groups (broad SMARTS) is 1. The van der Waals surface area contributed by atoms with Crippen molar-refractivity contribution in [3.8, 4) is 11.3 Å². The zero-order valence-corrected chi connectivity index (χ0v) is 17.9. The van der Waals surface area contributed by atoms with Gasteiger partial charge in [-0.15, -0.1) is 0 Å². The first-order valence-electron chi connectivity index (χ1n) is 8.04. The van der Waals surface area contributed by atoms with E-state index in [0.717, 1.165) is 37.8 Å². The van der Waals surface area contributed by atoms with Crippen LogP contribution in [0, 0.1) is 11.6 Å². The molecule has 1 aliphatic carbocycles. The van der Waals surface area contributed by atoms with Gasteiger partial charge in [0.1, 0.15) is 10.0 Å².